The van der Waals surface area contributed by atoms with Gasteiger partial charge in [-0.05, 0) is 50.2 Å². The van der Waals surface area contributed by atoms with E-state index < -0.39 is 5.69 Å². The van der Waals surface area contributed by atoms with E-state index in [1.165, 1.54) is 11.6 Å². The molecule has 180 valence electrons. The maximum Gasteiger partial charge on any atom is 0.332 e. The number of imidazole rings is 1. The van der Waals surface area contributed by atoms with Crippen molar-refractivity contribution < 1.29 is 4.74 Å². The Morgan fingerprint density at radius 3 is 2.37 bits per heavy atom. The number of rotatable bonds is 6. The van der Waals surface area contributed by atoms with Gasteiger partial charge in [-0.2, -0.15) is 10.1 Å². The van der Waals surface area contributed by atoms with Crippen molar-refractivity contribution in [1.82, 2.24) is 18.7 Å². The quantitative estimate of drug-likeness (QED) is 0.462. The number of hydrazone groups is 1. The van der Waals surface area contributed by atoms with Gasteiger partial charge in [-0.15, -0.1) is 0 Å². The summed E-state index contributed by atoms with van der Waals surface area (Å²) >= 11 is 0. The lowest BCUT2D eigenvalue weighted by molar-refractivity contribution is 0.483. The summed E-state index contributed by atoms with van der Waals surface area (Å²) in [5.41, 5.74) is 1.79. The predicted molar refractivity (Wildman–Crippen MR) is 137 cm³/mol. The Morgan fingerprint density at radius 1 is 0.971 bits per heavy atom. The number of aromatic nitrogens is 4. The summed E-state index contributed by atoms with van der Waals surface area (Å²) in [5.74, 6) is 2.09. The highest BCUT2D eigenvalue weighted by Gasteiger charge is 2.30. The first-order valence-corrected chi connectivity index (χ1v) is 11.4. The third-order valence-electron chi connectivity index (χ3n) is 6.26. The molecule has 1 N–H and O–H groups in total. The van der Waals surface area contributed by atoms with E-state index in [2.05, 4.69) is 10.3 Å². The second-order valence-corrected chi connectivity index (χ2v) is 8.57. The van der Waals surface area contributed by atoms with Crippen LogP contribution in [0.15, 0.2) is 69.3 Å². The summed E-state index contributed by atoms with van der Waals surface area (Å²) < 4.78 is 10.2. The summed E-state index contributed by atoms with van der Waals surface area (Å²) in [4.78, 5) is 30.0. The minimum absolute atomic E-state index is 0.151. The molecule has 5 rings (SSSR count). The molecule has 0 bridgehead atoms. The molecule has 0 aliphatic carbocycles. The highest BCUT2D eigenvalue weighted by molar-refractivity contribution is 5.91. The molecule has 1 aliphatic heterocycles. The lowest BCUT2D eigenvalue weighted by Crippen LogP contribution is -2.39. The molecule has 0 spiro atoms. The molecule has 10 heteroatoms. The molecule has 0 saturated carbocycles. The summed E-state index contributed by atoms with van der Waals surface area (Å²) in [6.07, 6.45) is 0. The number of fused-ring (bicyclic) bond motifs is 3. The number of anilines is 2. The highest BCUT2D eigenvalue weighted by atomic mass is 16.5. The summed E-state index contributed by atoms with van der Waals surface area (Å²) in [6.45, 7) is 5.01. The van der Waals surface area contributed by atoms with Crippen LogP contribution in [0.5, 0.6) is 11.5 Å². The van der Waals surface area contributed by atoms with Crippen molar-refractivity contribution in [3.8, 4) is 11.5 Å². The predicted octanol–water partition coefficient (Wildman–Crippen LogP) is 3.10. The Balaban J connectivity index is 1.34. The van der Waals surface area contributed by atoms with Crippen LogP contribution in [0.25, 0.3) is 11.2 Å². The Kier molecular flexibility index (Phi) is 5.64. The van der Waals surface area contributed by atoms with E-state index in [1.54, 1.807) is 12.1 Å². The largest absolute Gasteiger partial charge is 0.457 e. The van der Waals surface area contributed by atoms with Crippen LogP contribution in [0.4, 0.5) is 11.6 Å². The first kappa shape index (κ1) is 22.5. The van der Waals surface area contributed by atoms with Gasteiger partial charge in [0.05, 0.1) is 18.3 Å². The van der Waals surface area contributed by atoms with Crippen molar-refractivity contribution in [3.05, 3.63) is 75.4 Å². The molecule has 4 aromatic rings. The maximum absolute atomic E-state index is 12.9. The zero-order chi connectivity index (χ0) is 24.7. The van der Waals surface area contributed by atoms with E-state index >= 15 is 0 Å². The van der Waals surface area contributed by atoms with Gasteiger partial charge in [0.2, 0.25) is 5.95 Å². The van der Waals surface area contributed by atoms with Crippen molar-refractivity contribution in [1.29, 1.82) is 0 Å². The van der Waals surface area contributed by atoms with Crippen molar-refractivity contribution in [2.24, 2.45) is 19.2 Å². The molecule has 3 heterocycles. The van der Waals surface area contributed by atoms with Gasteiger partial charge < -0.3 is 10.1 Å². The summed E-state index contributed by atoms with van der Waals surface area (Å²) in [6, 6.07) is 17.2. The van der Waals surface area contributed by atoms with Crippen LogP contribution in [-0.4, -0.2) is 37.5 Å². The normalized spacial score (nSPS) is 15.1. The number of ether oxygens (including phenoxy) is 1. The number of aryl methyl sites for hydroxylation is 1. The summed E-state index contributed by atoms with van der Waals surface area (Å²) in [5, 5.41) is 9.87. The molecular weight excluding hydrogens is 446 g/mol. The Labute approximate surface area is 201 Å². The number of nitrogens with one attached hydrogen (secondary N) is 1. The highest BCUT2D eigenvalue weighted by Crippen LogP contribution is 2.29. The van der Waals surface area contributed by atoms with E-state index in [-0.39, 0.29) is 11.6 Å². The smallest absolute Gasteiger partial charge is 0.332 e. The van der Waals surface area contributed by atoms with E-state index in [0.29, 0.717) is 30.2 Å². The second-order valence-electron chi connectivity index (χ2n) is 8.57. The molecule has 1 aliphatic rings. The van der Waals surface area contributed by atoms with Crippen LogP contribution < -0.4 is 26.3 Å². The maximum atomic E-state index is 12.9. The van der Waals surface area contributed by atoms with Crippen molar-refractivity contribution in [2.45, 2.75) is 19.9 Å². The molecule has 0 unspecified atom stereocenters. The third kappa shape index (κ3) is 3.96. The monoisotopic (exact) mass is 473 g/mol. The van der Waals surface area contributed by atoms with Gasteiger partial charge in [-0.25, -0.2) is 9.80 Å². The number of nitrogens with zero attached hydrogens (tertiary/aromatic N) is 6. The number of hydrogen-bond acceptors (Lipinski definition) is 7. The molecule has 1 atom stereocenters. The van der Waals surface area contributed by atoms with Crippen molar-refractivity contribution >= 4 is 28.5 Å². The fourth-order valence-electron chi connectivity index (χ4n) is 4.18. The van der Waals surface area contributed by atoms with Crippen LogP contribution in [0.1, 0.15) is 19.9 Å². The van der Waals surface area contributed by atoms with Gasteiger partial charge in [0, 0.05) is 26.3 Å². The zero-order valence-corrected chi connectivity index (χ0v) is 20.1. The second kappa shape index (κ2) is 8.79. The molecule has 10 nitrogen and oxygen atoms in total. The first-order valence-electron chi connectivity index (χ1n) is 11.4. The Hall–Kier alpha value is -4.34. The molecule has 0 radical (unpaired) electrons. The minimum atomic E-state index is -0.406. The van der Waals surface area contributed by atoms with Crippen molar-refractivity contribution in [3.63, 3.8) is 0 Å². The fraction of sp³-hybridized carbons (Fsp3) is 0.280. The van der Waals surface area contributed by atoms with Crippen LogP contribution >= 0.6 is 0 Å². The number of para-hydroxylation sites is 1. The summed E-state index contributed by atoms with van der Waals surface area (Å²) in [7, 11) is 3.11. The van der Waals surface area contributed by atoms with E-state index in [4.69, 9.17) is 9.84 Å². The van der Waals surface area contributed by atoms with E-state index in [0.717, 1.165) is 27.5 Å². The van der Waals surface area contributed by atoms with Gasteiger partial charge in [0.1, 0.15) is 11.5 Å². The van der Waals surface area contributed by atoms with Crippen LogP contribution in [0.3, 0.4) is 0 Å². The van der Waals surface area contributed by atoms with Gasteiger partial charge in [-0.1, -0.05) is 18.2 Å². The van der Waals surface area contributed by atoms with Gasteiger partial charge in [0.15, 0.2) is 11.2 Å². The first-order chi connectivity index (χ1) is 16.8. The minimum Gasteiger partial charge on any atom is -0.457 e. The van der Waals surface area contributed by atoms with Gasteiger partial charge in [0.25, 0.3) is 5.56 Å². The molecule has 2 aromatic heterocycles. The molecule has 0 fully saturated rings. The molecule has 2 aromatic carbocycles. The fourth-order valence-corrected chi connectivity index (χ4v) is 4.18. The van der Waals surface area contributed by atoms with Crippen LogP contribution in [0.2, 0.25) is 0 Å². The average Bonchev–Trinajstić information content (AvgIpc) is 3.27. The van der Waals surface area contributed by atoms with E-state index in [9.17, 15) is 9.59 Å². The topological polar surface area (TPSA) is 98.7 Å². The Bertz CT molecular complexity index is 1530. The molecular formula is C25H27N7O3. The SMILES string of the molecule is CC1=NN(CCNc2ccc(Oc3ccccc3)cc2)c2nc3c(c(=O)n(C)c(=O)n3C)n2[C@@H]1C. The van der Waals surface area contributed by atoms with Crippen LogP contribution in [-0.2, 0) is 14.1 Å². The number of benzene rings is 2. The van der Waals surface area contributed by atoms with Gasteiger partial charge >= 0.3 is 5.69 Å². The Morgan fingerprint density at radius 2 is 1.66 bits per heavy atom. The lowest BCUT2D eigenvalue weighted by atomic mass is 10.2. The van der Waals surface area contributed by atoms with Gasteiger partial charge in [-0.3, -0.25) is 18.5 Å². The lowest BCUT2D eigenvalue weighted by Gasteiger charge is -2.29. The standard InChI is InChI=1S/C25H27N7O3/c1-16-17(2)32-21-22(29(3)25(34)30(4)23(21)33)27-24(32)31(28-16)15-14-26-18-10-12-20(13-11-18)35-19-8-6-5-7-9-19/h5-13,17,26H,14-15H2,1-4H3/t17-/m1/s1. The van der Waals surface area contributed by atoms with Crippen molar-refractivity contribution in [2.75, 3.05) is 23.4 Å². The molecule has 0 amide bonds. The molecule has 0 saturated heterocycles. The molecule has 35 heavy (non-hydrogen) atoms. The zero-order valence-electron chi connectivity index (χ0n) is 20.1. The van der Waals surface area contributed by atoms with E-state index in [1.807, 2.05) is 73.0 Å². The third-order valence-corrected chi connectivity index (χ3v) is 6.26. The number of hydrogen-bond donors (Lipinski definition) is 1. The average molecular weight is 474 g/mol. The van der Waals surface area contributed by atoms with Crippen LogP contribution in [0, 0.1) is 0 Å².